The van der Waals surface area contributed by atoms with Crippen LogP contribution in [0.25, 0.3) is 11.5 Å². The zero-order valence-corrected chi connectivity index (χ0v) is 14.2. The average Bonchev–Trinajstić information content (AvgIpc) is 3.13. The third-order valence-electron chi connectivity index (χ3n) is 4.20. The van der Waals surface area contributed by atoms with E-state index in [1.807, 2.05) is 41.0 Å². The summed E-state index contributed by atoms with van der Waals surface area (Å²) < 4.78 is 7.18. The second kappa shape index (κ2) is 6.79. The number of ether oxygens (including phenoxy) is 1. The third-order valence-corrected chi connectivity index (χ3v) is 4.20. The van der Waals surface area contributed by atoms with Crippen LogP contribution in [0.4, 0.5) is 5.82 Å². The Hall–Kier alpha value is -3.48. The topological polar surface area (TPSA) is 81.9 Å². The molecule has 4 rings (SSSR count). The lowest BCUT2D eigenvalue weighted by atomic mass is 10.0. The van der Waals surface area contributed by atoms with Crippen molar-refractivity contribution in [1.29, 1.82) is 0 Å². The van der Waals surface area contributed by atoms with Crippen LogP contribution >= 0.6 is 0 Å². The first-order valence-electron chi connectivity index (χ1n) is 8.23. The third kappa shape index (κ3) is 3.06. The Morgan fingerprint density at radius 2 is 2.12 bits per heavy atom. The van der Waals surface area contributed by atoms with Gasteiger partial charge in [0.25, 0.3) is 5.91 Å². The number of hydrogen-bond donors (Lipinski definition) is 1. The molecule has 0 saturated heterocycles. The summed E-state index contributed by atoms with van der Waals surface area (Å²) in [6.45, 7) is 0.626. The minimum absolute atomic E-state index is 0.224. The van der Waals surface area contributed by atoms with Gasteiger partial charge in [0.2, 0.25) is 0 Å². The number of anilines is 1. The van der Waals surface area contributed by atoms with E-state index >= 15 is 0 Å². The molecule has 0 unspecified atom stereocenters. The Kier molecular flexibility index (Phi) is 4.18. The number of carbonyl (C=O) groups is 1. The van der Waals surface area contributed by atoms with E-state index in [2.05, 4.69) is 20.5 Å². The molecule has 2 aromatic heterocycles. The molecule has 0 fully saturated rings. The van der Waals surface area contributed by atoms with Gasteiger partial charge in [-0.2, -0.15) is 0 Å². The maximum absolute atomic E-state index is 12.8. The number of benzene rings is 1. The Labute approximate surface area is 150 Å². The standard InChI is InChI=1S/C19H17N5O2/c1-26-14-9-8-13-5-2-3-10-24-12-20-23-18(24)16-6-4-7-17(21-16)22-19(25)15(13)11-14/h2-4,6-9,11-12H,5,10H2,1H3,(H,21,22,25)/b3-2+. The molecule has 26 heavy (non-hydrogen) atoms. The quantitative estimate of drug-likeness (QED) is 0.685. The molecule has 1 aromatic carbocycles. The van der Waals surface area contributed by atoms with E-state index in [9.17, 15) is 4.79 Å². The van der Waals surface area contributed by atoms with Crippen molar-refractivity contribution in [3.8, 4) is 17.3 Å². The summed E-state index contributed by atoms with van der Waals surface area (Å²) in [5.41, 5.74) is 2.14. The molecule has 7 nitrogen and oxygen atoms in total. The molecule has 3 aromatic rings. The molecule has 0 aliphatic carbocycles. The van der Waals surface area contributed by atoms with Crippen molar-refractivity contribution in [2.45, 2.75) is 13.0 Å². The fourth-order valence-electron chi connectivity index (χ4n) is 2.87. The summed E-state index contributed by atoms with van der Waals surface area (Å²) in [6, 6.07) is 10.9. The molecule has 1 aliphatic heterocycles. The van der Waals surface area contributed by atoms with Gasteiger partial charge in [-0.05, 0) is 36.2 Å². The molecule has 0 radical (unpaired) electrons. The number of nitrogens with zero attached hydrogens (tertiary/aromatic N) is 4. The van der Waals surface area contributed by atoms with E-state index in [0.29, 0.717) is 41.6 Å². The van der Waals surface area contributed by atoms with Crippen LogP contribution in [0.15, 0.2) is 54.9 Å². The van der Waals surface area contributed by atoms with Crippen LogP contribution in [0.2, 0.25) is 0 Å². The Bertz CT molecular complexity index is 993. The lowest BCUT2D eigenvalue weighted by molar-refractivity contribution is 0.102. The molecule has 0 spiro atoms. The van der Waals surface area contributed by atoms with Crippen LogP contribution in [0, 0.1) is 0 Å². The van der Waals surface area contributed by atoms with E-state index in [4.69, 9.17) is 4.74 Å². The molecule has 0 saturated carbocycles. The maximum Gasteiger partial charge on any atom is 0.257 e. The maximum atomic E-state index is 12.8. The van der Waals surface area contributed by atoms with Crippen molar-refractivity contribution >= 4 is 11.7 Å². The SMILES string of the molecule is COc1ccc2c(c1)C(=O)Nc1cccc(n1)-c1nncn1C/C=C/C2. The van der Waals surface area contributed by atoms with Gasteiger partial charge < -0.3 is 14.6 Å². The van der Waals surface area contributed by atoms with E-state index in [1.54, 1.807) is 25.6 Å². The zero-order chi connectivity index (χ0) is 17.9. The summed E-state index contributed by atoms with van der Waals surface area (Å²) in [5.74, 6) is 1.53. The van der Waals surface area contributed by atoms with Crippen molar-refractivity contribution in [3.05, 3.63) is 66.0 Å². The Morgan fingerprint density at radius 1 is 1.19 bits per heavy atom. The summed E-state index contributed by atoms with van der Waals surface area (Å²) in [5, 5.41) is 11.0. The minimum atomic E-state index is -0.224. The lowest BCUT2D eigenvalue weighted by Crippen LogP contribution is -2.15. The number of fused-ring (bicyclic) bond motifs is 5. The highest BCUT2D eigenvalue weighted by Crippen LogP contribution is 2.22. The number of rotatable bonds is 1. The number of pyridine rings is 1. The van der Waals surface area contributed by atoms with Crippen molar-refractivity contribution < 1.29 is 9.53 Å². The first kappa shape index (κ1) is 16.0. The second-order valence-corrected chi connectivity index (χ2v) is 5.87. The Balaban J connectivity index is 1.81. The number of methoxy groups -OCH3 is 1. The van der Waals surface area contributed by atoms with Crippen molar-refractivity contribution in [3.63, 3.8) is 0 Å². The summed E-state index contributed by atoms with van der Waals surface area (Å²) >= 11 is 0. The highest BCUT2D eigenvalue weighted by atomic mass is 16.5. The van der Waals surface area contributed by atoms with Crippen molar-refractivity contribution in [2.75, 3.05) is 12.4 Å². The zero-order valence-electron chi connectivity index (χ0n) is 14.2. The van der Waals surface area contributed by atoms with Crippen LogP contribution in [-0.4, -0.2) is 32.8 Å². The molecule has 1 N–H and O–H groups in total. The number of allylic oxidation sites excluding steroid dienone is 2. The number of hydrogen-bond acceptors (Lipinski definition) is 5. The van der Waals surface area contributed by atoms with Crippen LogP contribution in [0.3, 0.4) is 0 Å². The number of carbonyl (C=O) groups excluding carboxylic acids is 1. The van der Waals surface area contributed by atoms with E-state index in [-0.39, 0.29) is 5.91 Å². The van der Waals surface area contributed by atoms with Gasteiger partial charge in [0, 0.05) is 12.1 Å². The van der Waals surface area contributed by atoms with Gasteiger partial charge in [-0.25, -0.2) is 4.98 Å². The second-order valence-electron chi connectivity index (χ2n) is 5.87. The fraction of sp³-hybridized carbons (Fsp3) is 0.158. The molecule has 1 aliphatic rings. The van der Waals surface area contributed by atoms with Gasteiger partial charge in [-0.15, -0.1) is 10.2 Å². The minimum Gasteiger partial charge on any atom is -0.497 e. The van der Waals surface area contributed by atoms with Crippen LogP contribution in [0.5, 0.6) is 5.75 Å². The molecule has 2 bridgehead atoms. The number of amides is 1. The number of aromatic nitrogens is 4. The molecule has 0 atom stereocenters. The molecule has 1 amide bonds. The summed E-state index contributed by atoms with van der Waals surface area (Å²) in [7, 11) is 1.58. The Morgan fingerprint density at radius 3 is 3.00 bits per heavy atom. The van der Waals surface area contributed by atoms with Gasteiger partial charge in [0.05, 0.1) is 7.11 Å². The first-order chi connectivity index (χ1) is 12.7. The largest absolute Gasteiger partial charge is 0.497 e. The van der Waals surface area contributed by atoms with E-state index < -0.39 is 0 Å². The predicted molar refractivity (Wildman–Crippen MR) is 97.0 cm³/mol. The fourth-order valence-corrected chi connectivity index (χ4v) is 2.87. The van der Waals surface area contributed by atoms with Gasteiger partial charge in [0.1, 0.15) is 23.6 Å². The lowest BCUT2D eigenvalue weighted by Gasteiger charge is -2.11. The van der Waals surface area contributed by atoms with Gasteiger partial charge in [-0.3, -0.25) is 4.79 Å². The first-order valence-corrected chi connectivity index (χ1v) is 8.23. The smallest absolute Gasteiger partial charge is 0.257 e. The molecular formula is C19H17N5O2. The van der Waals surface area contributed by atoms with Crippen LogP contribution in [0.1, 0.15) is 15.9 Å². The highest BCUT2D eigenvalue weighted by molar-refractivity contribution is 6.05. The molecule has 7 heteroatoms. The van der Waals surface area contributed by atoms with Gasteiger partial charge in [-0.1, -0.05) is 24.3 Å². The van der Waals surface area contributed by atoms with E-state index in [0.717, 1.165) is 5.56 Å². The molecule has 3 heterocycles. The normalized spacial score (nSPS) is 14.7. The average molecular weight is 347 g/mol. The monoisotopic (exact) mass is 347 g/mol. The molecular weight excluding hydrogens is 330 g/mol. The summed E-state index contributed by atoms with van der Waals surface area (Å²) in [4.78, 5) is 17.3. The van der Waals surface area contributed by atoms with Crippen molar-refractivity contribution in [1.82, 2.24) is 19.7 Å². The van der Waals surface area contributed by atoms with E-state index in [1.165, 1.54) is 0 Å². The van der Waals surface area contributed by atoms with Gasteiger partial charge >= 0.3 is 0 Å². The van der Waals surface area contributed by atoms with Crippen LogP contribution in [-0.2, 0) is 13.0 Å². The molecule has 130 valence electrons. The van der Waals surface area contributed by atoms with Gasteiger partial charge in [0.15, 0.2) is 5.82 Å². The highest BCUT2D eigenvalue weighted by Gasteiger charge is 2.15. The number of nitrogens with one attached hydrogen (secondary N) is 1. The van der Waals surface area contributed by atoms with Crippen molar-refractivity contribution in [2.24, 2.45) is 0 Å². The van der Waals surface area contributed by atoms with Crippen LogP contribution < -0.4 is 10.1 Å². The summed E-state index contributed by atoms with van der Waals surface area (Å²) in [6.07, 6.45) is 6.37. The predicted octanol–water partition coefficient (Wildman–Crippen LogP) is 2.71.